The Morgan fingerprint density at radius 3 is 2.55 bits per heavy atom. The molecule has 2 atom stereocenters. The van der Waals surface area contributed by atoms with Crippen LogP contribution in [0.5, 0.6) is 5.75 Å². The number of aromatic hydroxyl groups is 1. The lowest BCUT2D eigenvalue weighted by Crippen LogP contribution is -2.37. The largest absolute Gasteiger partial charge is 0.508 e. The molecule has 2 aliphatic rings. The van der Waals surface area contributed by atoms with E-state index < -0.39 is 17.8 Å². The van der Waals surface area contributed by atoms with Gasteiger partial charge in [0, 0.05) is 29.3 Å². The maximum atomic E-state index is 13.1. The summed E-state index contributed by atoms with van der Waals surface area (Å²) in [5.41, 5.74) is 3.77. The molecule has 0 spiro atoms. The van der Waals surface area contributed by atoms with Crippen LogP contribution in [0, 0.1) is 5.92 Å². The highest BCUT2D eigenvalue weighted by atomic mass is 16.5. The molecule has 0 bridgehead atoms. The highest BCUT2D eigenvalue weighted by Crippen LogP contribution is 2.43. The summed E-state index contributed by atoms with van der Waals surface area (Å²) in [5, 5.41) is 9.68. The number of carbonyl (C=O) groups is 2. The van der Waals surface area contributed by atoms with Crippen LogP contribution >= 0.6 is 0 Å². The molecule has 2 aromatic rings. The van der Waals surface area contributed by atoms with Crippen molar-refractivity contribution in [3.8, 4) is 5.75 Å². The van der Waals surface area contributed by atoms with Crippen LogP contribution in [0.3, 0.4) is 0 Å². The molecular formula is C24H23NO4. The summed E-state index contributed by atoms with van der Waals surface area (Å²) < 4.78 is 5.63. The van der Waals surface area contributed by atoms with Crippen molar-refractivity contribution in [3.05, 3.63) is 77.0 Å². The molecule has 29 heavy (non-hydrogen) atoms. The zero-order valence-electron chi connectivity index (χ0n) is 16.3. The van der Waals surface area contributed by atoms with Gasteiger partial charge in [0.2, 0.25) is 0 Å². The van der Waals surface area contributed by atoms with Crippen molar-refractivity contribution in [2.24, 2.45) is 10.9 Å². The summed E-state index contributed by atoms with van der Waals surface area (Å²) in [7, 11) is 0. The third kappa shape index (κ3) is 3.86. The Bertz CT molecular complexity index is 989. The van der Waals surface area contributed by atoms with Gasteiger partial charge < -0.3 is 9.84 Å². The fraction of sp³-hybridized carbons (Fsp3) is 0.292. The van der Waals surface area contributed by atoms with Gasteiger partial charge in [-0.05, 0) is 43.0 Å². The van der Waals surface area contributed by atoms with Crippen molar-refractivity contribution in [1.82, 2.24) is 0 Å². The molecular weight excluding hydrogens is 366 g/mol. The summed E-state index contributed by atoms with van der Waals surface area (Å²) in [6.45, 7) is 2.00. The Morgan fingerprint density at radius 2 is 1.83 bits per heavy atom. The van der Waals surface area contributed by atoms with Gasteiger partial charge in [0.15, 0.2) is 5.78 Å². The number of hydrogen-bond donors (Lipinski definition) is 1. The molecule has 0 amide bonds. The third-order valence-electron chi connectivity index (χ3n) is 5.56. The lowest BCUT2D eigenvalue weighted by Gasteiger charge is -2.34. The average Bonchev–Trinajstić information content (AvgIpc) is 2.72. The van der Waals surface area contributed by atoms with Gasteiger partial charge in [0.05, 0.1) is 0 Å². The second kappa shape index (κ2) is 8.03. The number of hydrogen-bond acceptors (Lipinski definition) is 5. The van der Waals surface area contributed by atoms with Gasteiger partial charge in [-0.25, -0.2) is 0 Å². The average molecular weight is 389 g/mol. The van der Waals surface area contributed by atoms with Gasteiger partial charge in [0.1, 0.15) is 18.3 Å². The Hall–Kier alpha value is -3.21. The van der Waals surface area contributed by atoms with Crippen LogP contribution in [0.1, 0.15) is 43.2 Å². The quantitative estimate of drug-likeness (QED) is 0.791. The number of rotatable bonds is 4. The fourth-order valence-electron chi connectivity index (χ4n) is 4.17. The number of carbonyl (C=O) groups excluding carboxylic acids is 2. The number of phenolic OH excluding ortho intramolecular Hbond substituents is 1. The second-order valence-electron chi connectivity index (χ2n) is 7.53. The first-order valence-corrected chi connectivity index (χ1v) is 9.85. The Morgan fingerprint density at radius 1 is 1.10 bits per heavy atom. The first kappa shape index (κ1) is 19.1. The van der Waals surface area contributed by atoms with Crippen molar-refractivity contribution in [3.63, 3.8) is 0 Å². The molecule has 2 aromatic carbocycles. The van der Waals surface area contributed by atoms with E-state index in [4.69, 9.17) is 4.74 Å². The summed E-state index contributed by atoms with van der Waals surface area (Å²) in [4.78, 5) is 30.6. The standard InChI is InChI=1S/C24H23NO4/c1-15-21(24(28)29-14-16-6-3-2-4-7-16)22(17-10-12-18(26)13-11-17)23-19(25-15)8-5-9-20(23)27/h2-4,6-7,10-13,21-22,26H,5,8-9,14H2,1H3/t21?,22-/m0/s1. The Balaban J connectivity index is 1.69. The Kier molecular flexibility index (Phi) is 5.30. The van der Waals surface area contributed by atoms with Crippen molar-refractivity contribution < 1.29 is 19.4 Å². The lowest BCUT2D eigenvalue weighted by molar-refractivity contribution is -0.148. The van der Waals surface area contributed by atoms with Gasteiger partial charge in [-0.15, -0.1) is 0 Å². The zero-order chi connectivity index (χ0) is 20.4. The molecule has 0 fully saturated rings. The number of nitrogens with zero attached hydrogens (tertiary/aromatic N) is 1. The van der Waals surface area contributed by atoms with Crippen LogP contribution in [0.4, 0.5) is 0 Å². The SMILES string of the molecule is CC1=NC2=C(C(=O)CCC2)[C@@H](c2ccc(O)cc2)C1C(=O)OCc1ccccc1. The van der Waals surface area contributed by atoms with Gasteiger partial charge in [0.25, 0.3) is 0 Å². The van der Waals surface area contributed by atoms with E-state index >= 15 is 0 Å². The van der Waals surface area contributed by atoms with Crippen LogP contribution in [-0.4, -0.2) is 22.6 Å². The molecule has 1 N–H and O–H groups in total. The molecule has 1 unspecified atom stereocenters. The van der Waals surface area contributed by atoms with E-state index in [0.29, 0.717) is 17.7 Å². The molecule has 0 radical (unpaired) electrons. The van der Waals surface area contributed by atoms with E-state index in [1.54, 1.807) is 24.3 Å². The smallest absolute Gasteiger partial charge is 0.315 e. The molecule has 0 saturated heterocycles. The third-order valence-corrected chi connectivity index (χ3v) is 5.56. The Labute approximate surface area is 169 Å². The first-order valence-electron chi connectivity index (χ1n) is 9.85. The first-order chi connectivity index (χ1) is 14.0. The minimum atomic E-state index is -0.663. The molecule has 1 aliphatic heterocycles. The molecule has 5 heteroatoms. The molecule has 148 valence electrons. The van der Waals surface area contributed by atoms with E-state index in [2.05, 4.69) is 4.99 Å². The molecule has 5 nitrogen and oxygen atoms in total. The number of phenols is 1. The van der Waals surface area contributed by atoms with Crippen LogP contribution < -0.4 is 0 Å². The summed E-state index contributed by atoms with van der Waals surface area (Å²) in [6.07, 6.45) is 1.98. The van der Waals surface area contributed by atoms with Crippen molar-refractivity contribution in [2.45, 2.75) is 38.7 Å². The predicted octanol–water partition coefficient (Wildman–Crippen LogP) is 4.32. The van der Waals surface area contributed by atoms with Crippen LogP contribution in [-0.2, 0) is 20.9 Å². The lowest BCUT2D eigenvalue weighted by atomic mass is 9.72. The number of allylic oxidation sites excluding steroid dienone is 2. The molecule has 4 rings (SSSR count). The van der Waals surface area contributed by atoms with Crippen molar-refractivity contribution in [1.29, 1.82) is 0 Å². The maximum absolute atomic E-state index is 13.1. The van der Waals surface area contributed by atoms with Crippen LogP contribution in [0.25, 0.3) is 0 Å². The molecule has 0 aromatic heterocycles. The van der Waals surface area contributed by atoms with E-state index in [9.17, 15) is 14.7 Å². The van der Waals surface area contributed by atoms with E-state index in [1.807, 2.05) is 37.3 Å². The normalized spacial score (nSPS) is 21.4. The van der Waals surface area contributed by atoms with Gasteiger partial charge in [-0.1, -0.05) is 42.5 Å². The van der Waals surface area contributed by atoms with Gasteiger partial charge in [-0.2, -0.15) is 0 Å². The zero-order valence-corrected chi connectivity index (χ0v) is 16.3. The molecule has 1 aliphatic carbocycles. The number of ether oxygens (including phenoxy) is 1. The molecule has 0 saturated carbocycles. The number of aliphatic imine (C=N–C) groups is 1. The maximum Gasteiger partial charge on any atom is 0.315 e. The second-order valence-corrected chi connectivity index (χ2v) is 7.53. The number of esters is 1. The molecule has 1 heterocycles. The highest BCUT2D eigenvalue weighted by Gasteiger charge is 2.43. The van der Waals surface area contributed by atoms with E-state index in [0.717, 1.165) is 29.7 Å². The minimum Gasteiger partial charge on any atom is -0.508 e. The number of benzene rings is 2. The minimum absolute atomic E-state index is 0.0430. The summed E-state index contributed by atoms with van der Waals surface area (Å²) >= 11 is 0. The predicted molar refractivity (Wildman–Crippen MR) is 110 cm³/mol. The van der Waals surface area contributed by atoms with Gasteiger partial charge in [-0.3, -0.25) is 14.6 Å². The number of ketones is 1. The van der Waals surface area contributed by atoms with Gasteiger partial charge >= 0.3 is 5.97 Å². The van der Waals surface area contributed by atoms with Crippen molar-refractivity contribution in [2.75, 3.05) is 0 Å². The monoisotopic (exact) mass is 389 g/mol. The summed E-state index contributed by atoms with van der Waals surface area (Å²) in [6, 6.07) is 16.2. The summed E-state index contributed by atoms with van der Waals surface area (Å²) in [5.74, 6) is -1.31. The van der Waals surface area contributed by atoms with Crippen molar-refractivity contribution >= 4 is 17.5 Å². The van der Waals surface area contributed by atoms with Crippen LogP contribution in [0.2, 0.25) is 0 Å². The highest BCUT2D eigenvalue weighted by molar-refractivity contribution is 6.08. The fourth-order valence-corrected chi connectivity index (χ4v) is 4.17. The topological polar surface area (TPSA) is 76.0 Å². The van der Waals surface area contributed by atoms with E-state index in [-0.39, 0.29) is 18.1 Å². The number of Topliss-reactive ketones (excluding diaryl/α,β-unsaturated/α-hetero) is 1. The van der Waals surface area contributed by atoms with E-state index in [1.165, 1.54) is 0 Å². The van der Waals surface area contributed by atoms with Crippen LogP contribution in [0.15, 0.2) is 70.9 Å².